The van der Waals surface area contributed by atoms with Crippen LogP contribution in [-0.2, 0) is 14.8 Å². The van der Waals surface area contributed by atoms with Gasteiger partial charge in [-0.3, -0.25) is 19.7 Å². The molecule has 11 heteroatoms. The van der Waals surface area contributed by atoms with Crippen LogP contribution in [0, 0.1) is 17.0 Å². The number of esters is 1. The lowest BCUT2D eigenvalue weighted by molar-refractivity contribution is -0.384. The molecule has 0 saturated heterocycles. The number of nitro benzene ring substituents is 1. The molecule has 1 heterocycles. The molecule has 0 spiro atoms. The zero-order valence-electron chi connectivity index (χ0n) is 21.1. The smallest absolute Gasteiger partial charge is 0.311 e. The maximum atomic E-state index is 12.9. The summed E-state index contributed by atoms with van der Waals surface area (Å²) in [4.78, 5) is 35.7. The quantitative estimate of drug-likeness (QED) is 0.0890. The second kappa shape index (κ2) is 12.0. The van der Waals surface area contributed by atoms with Crippen molar-refractivity contribution < 1.29 is 27.3 Å². The highest BCUT2D eigenvalue weighted by molar-refractivity contribution is 7.89. The Morgan fingerprint density at radius 1 is 1.00 bits per heavy atom. The van der Waals surface area contributed by atoms with Crippen molar-refractivity contribution in [3.8, 4) is 16.9 Å². The van der Waals surface area contributed by atoms with Gasteiger partial charge in [0.25, 0.3) is 5.69 Å². The number of nitrogens with zero attached hydrogens (tertiary/aromatic N) is 1. The van der Waals surface area contributed by atoms with Crippen LogP contribution in [-0.4, -0.2) is 25.9 Å². The molecule has 1 aromatic heterocycles. The number of nitrogens with one attached hydrogen (secondary N) is 1. The Morgan fingerprint density at radius 2 is 1.72 bits per heavy atom. The first-order valence-corrected chi connectivity index (χ1v) is 13.7. The number of nitro groups is 1. The van der Waals surface area contributed by atoms with E-state index in [1.165, 1.54) is 48.7 Å². The van der Waals surface area contributed by atoms with Crippen molar-refractivity contribution in [3.05, 3.63) is 98.9 Å². The third-order valence-electron chi connectivity index (χ3n) is 6.05. The first-order chi connectivity index (χ1) is 18.6. The molecular formula is C28H26N2O8S. The summed E-state index contributed by atoms with van der Waals surface area (Å²) in [6, 6.07) is 16.6. The Kier molecular flexibility index (Phi) is 8.52. The average molecular weight is 551 g/mol. The largest absolute Gasteiger partial charge is 0.463 e. The van der Waals surface area contributed by atoms with Gasteiger partial charge in [0.15, 0.2) is 5.43 Å². The number of unbranched alkanes of at least 4 members (excludes halogenated alkanes) is 2. The minimum atomic E-state index is -3.56. The molecular weight excluding hydrogens is 524 g/mol. The van der Waals surface area contributed by atoms with Crippen molar-refractivity contribution in [2.75, 3.05) is 6.54 Å². The van der Waals surface area contributed by atoms with Crippen LogP contribution in [0.4, 0.5) is 5.69 Å². The maximum Gasteiger partial charge on any atom is 0.311 e. The summed E-state index contributed by atoms with van der Waals surface area (Å²) < 4.78 is 38.1. The maximum absolute atomic E-state index is 12.9. The van der Waals surface area contributed by atoms with E-state index in [1.807, 2.05) is 6.92 Å². The van der Waals surface area contributed by atoms with Crippen LogP contribution < -0.4 is 14.9 Å². The van der Waals surface area contributed by atoms with Gasteiger partial charge in [-0.05, 0) is 61.7 Å². The van der Waals surface area contributed by atoms with Gasteiger partial charge in [0.1, 0.15) is 17.6 Å². The van der Waals surface area contributed by atoms with Gasteiger partial charge in [-0.1, -0.05) is 24.1 Å². The molecule has 4 rings (SSSR count). The van der Waals surface area contributed by atoms with E-state index in [9.17, 15) is 28.1 Å². The minimum absolute atomic E-state index is 0.0851. The van der Waals surface area contributed by atoms with E-state index >= 15 is 0 Å². The van der Waals surface area contributed by atoms with E-state index < -0.39 is 20.9 Å². The second-order valence-electron chi connectivity index (χ2n) is 8.94. The van der Waals surface area contributed by atoms with Crippen LogP contribution in [0.15, 0.2) is 87.1 Å². The summed E-state index contributed by atoms with van der Waals surface area (Å²) in [5.74, 6) is -0.232. The van der Waals surface area contributed by atoms with Gasteiger partial charge in [-0.15, -0.1) is 0 Å². The van der Waals surface area contributed by atoms with E-state index in [-0.39, 0.29) is 51.3 Å². The fourth-order valence-electron chi connectivity index (χ4n) is 3.89. The van der Waals surface area contributed by atoms with Crippen LogP contribution in [0.3, 0.4) is 0 Å². The van der Waals surface area contributed by atoms with Crippen molar-refractivity contribution in [3.63, 3.8) is 0 Å². The monoisotopic (exact) mass is 550 g/mol. The summed E-state index contributed by atoms with van der Waals surface area (Å²) in [6.45, 7) is 2.14. The fraction of sp³-hybridized carbons (Fsp3) is 0.214. The van der Waals surface area contributed by atoms with Gasteiger partial charge in [0, 0.05) is 31.2 Å². The Hall–Kier alpha value is -4.35. The lowest BCUT2D eigenvalue weighted by Gasteiger charge is -2.08. The van der Waals surface area contributed by atoms with Gasteiger partial charge in [0.2, 0.25) is 10.0 Å². The number of aryl methyl sites for hydroxylation is 1. The van der Waals surface area contributed by atoms with Crippen LogP contribution in [0.5, 0.6) is 5.75 Å². The van der Waals surface area contributed by atoms with Gasteiger partial charge in [0.05, 0.1) is 20.8 Å². The predicted octanol–water partition coefficient (Wildman–Crippen LogP) is 5.12. The highest BCUT2D eigenvalue weighted by Gasteiger charge is 2.14. The number of fused-ring (bicyclic) bond motifs is 1. The van der Waals surface area contributed by atoms with E-state index in [2.05, 4.69) is 4.72 Å². The van der Waals surface area contributed by atoms with Crippen molar-refractivity contribution in [2.24, 2.45) is 0 Å². The number of benzene rings is 3. The molecule has 1 N–H and O–H groups in total. The molecule has 0 unspecified atom stereocenters. The zero-order valence-corrected chi connectivity index (χ0v) is 21.9. The van der Waals surface area contributed by atoms with Crippen molar-refractivity contribution in [2.45, 2.75) is 37.5 Å². The molecule has 0 radical (unpaired) electrons. The van der Waals surface area contributed by atoms with Crippen LogP contribution in [0.25, 0.3) is 22.1 Å². The van der Waals surface area contributed by atoms with Gasteiger partial charge < -0.3 is 9.15 Å². The van der Waals surface area contributed by atoms with Gasteiger partial charge in [-0.2, -0.15) is 0 Å². The number of non-ortho nitro benzene ring substituents is 1. The number of carbonyl (C=O) groups excluding carboxylic acids is 1. The molecule has 0 amide bonds. The van der Waals surface area contributed by atoms with Crippen molar-refractivity contribution in [1.82, 2.24) is 4.72 Å². The van der Waals surface area contributed by atoms with E-state index in [1.54, 1.807) is 24.3 Å². The van der Waals surface area contributed by atoms with Crippen LogP contribution >= 0.6 is 0 Å². The topological polar surface area (TPSA) is 146 Å². The molecule has 0 fully saturated rings. The molecule has 3 aromatic carbocycles. The van der Waals surface area contributed by atoms with Crippen molar-refractivity contribution >= 4 is 32.6 Å². The highest BCUT2D eigenvalue weighted by atomic mass is 32.2. The van der Waals surface area contributed by atoms with Crippen LogP contribution in [0.1, 0.15) is 31.2 Å². The first kappa shape index (κ1) is 27.7. The zero-order chi connectivity index (χ0) is 28.0. The Bertz CT molecular complexity index is 1660. The second-order valence-corrected chi connectivity index (χ2v) is 10.7. The van der Waals surface area contributed by atoms with E-state index in [0.29, 0.717) is 24.8 Å². The third kappa shape index (κ3) is 6.95. The number of carbonyl (C=O) groups is 1. The molecule has 10 nitrogen and oxygen atoms in total. The standard InChI is InChI=1S/C28H26N2O8S/c1-19-6-13-23(14-7-19)39(35,36)29-16-4-2-3-5-27(31)38-22-12-15-24-26(17-22)37-18-25(28(24)32)20-8-10-21(11-9-20)30(33)34/h6-15,17-18,29H,2-5,16H2,1H3. The third-order valence-corrected chi connectivity index (χ3v) is 7.52. The summed E-state index contributed by atoms with van der Waals surface area (Å²) >= 11 is 0. The number of rotatable bonds is 11. The first-order valence-electron chi connectivity index (χ1n) is 12.2. The summed E-state index contributed by atoms with van der Waals surface area (Å²) in [7, 11) is -3.56. The molecule has 39 heavy (non-hydrogen) atoms. The molecule has 0 bridgehead atoms. The van der Waals surface area contributed by atoms with Gasteiger partial charge >= 0.3 is 5.97 Å². The molecule has 0 saturated carbocycles. The Morgan fingerprint density at radius 3 is 2.41 bits per heavy atom. The Labute approximate surface area is 224 Å². The van der Waals surface area contributed by atoms with Gasteiger partial charge in [-0.25, -0.2) is 13.1 Å². The molecule has 0 aliphatic rings. The Balaban J connectivity index is 1.27. The lowest BCUT2D eigenvalue weighted by atomic mass is 10.1. The van der Waals surface area contributed by atoms with Crippen molar-refractivity contribution in [1.29, 1.82) is 0 Å². The number of ether oxygens (including phenoxy) is 1. The highest BCUT2D eigenvalue weighted by Crippen LogP contribution is 2.25. The summed E-state index contributed by atoms with van der Waals surface area (Å²) in [5.41, 5.74) is 1.54. The molecule has 4 aromatic rings. The fourth-order valence-corrected chi connectivity index (χ4v) is 4.97. The van der Waals surface area contributed by atoms with Crippen LogP contribution in [0.2, 0.25) is 0 Å². The number of hydrogen-bond acceptors (Lipinski definition) is 8. The predicted molar refractivity (Wildman–Crippen MR) is 145 cm³/mol. The molecule has 202 valence electrons. The lowest BCUT2D eigenvalue weighted by Crippen LogP contribution is -2.24. The number of hydrogen-bond donors (Lipinski definition) is 1. The SMILES string of the molecule is Cc1ccc(S(=O)(=O)NCCCCCC(=O)Oc2ccc3c(=O)c(-c4ccc([N+](=O)[O-])cc4)coc3c2)cc1. The summed E-state index contributed by atoms with van der Waals surface area (Å²) in [6.07, 6.45) is 3.13. The van der Waals surface area contributed by atoms with E-state index in [0.717, 1.165) is 5.56 Å². The molecule has 0 atom stereocenters. The van der Waals surface area contributed by atoms with E-state index in [4.69, 9.17) is 9.15 Å². The number of sulfonamides is 1. The molecule has 0 aliphatic carbocycles. The normalized spacial score (nSPS) is 11.4. The minimum Gasteiger partial charge on any atom is -0.463 e. The average Bonchev–Trinajstić information content (AvgIpc) is 2.91. The molecule has 0 aliphatic heterocycles. The summed E-state index contributed by atoms with van der Waals surface area (Å²) in [5, 5.41) is 11.1.